The van der Waals surface area contributed by atoms with Crippen molar-refractivity contribution in [1.29, 1.82) is 0 Å². The SMILES string of the molecule is C1CCOC1.CC1(C)OB(c2cccc3oc4nc5ccccc5cc4c23)OC1(C)C.Clc1nc(-c2ccccc2)nc(-c2ccc3cc(-c4ccccc4)ccc3c2)n1.N.c1ccc(-c2ccc3cc(-c4nc(-c5ccccc5)nc(-c5ccc(-c6cccc7oc8nc9ccccc9cc8c67)cc5)n4)ccc3c2)cc1. The first-order chi connectivity index (χ1) is 54.3. The van der Waals surface area contributed by atoms with Crippen LogP contribution in [0.15, 0.2) is 324 Å². The Balaban J connectivity index is 0.000000126. The monoisotopic (exact) mass is 1480 g/mol. The van der Waals surface area contributed by atoms with E-state index in [1.807, 2.05) is 140 Å². The fourth-order valence-electron chi connectivity index (χ4n) is 14.4. The number of furan rings is 2. The van der Waals surface area contributed by atoms with Crippen LogP contribution in [0, 0.1) is 0 Å². The smallest absolute Gasteiger partial charge is 0.438 e. The summed E-state index contributed by atoms with van der Waals surface area (Å²) in [6.45, 7) is 10.3. The molecule has 2 aliphatic heterocycles. The van der Waals surface area contributed by atoms with Crippen LogP contribution in [0.3, 0.4) is 0 Å². The van der Waals surface area contributed by atoms with E-state index in [4.69, 9.17) is 59.4 Å². The lowest BCUT2D eigenvalue weighted by molar-refractivity contribution is 0.00578. The van der Waals surface area contributed by atoms with E-state index in [1.165, 1.54) is 40.5 Å². The lowest BCUT2D eigenvalue weighted by Crippen LogP contribution is -2.41. The molecule has 6 aromatic heterocycles. The molecule has 19 aromatic rings. The second-order valence-corrected chi connectivity index (χ2v) is 29.1. The highest BCUT2D eigenvalue weighted by atomic mass is 35.5. The average molecular weight is 1480 g/mol. The first kappa shape index (κ1) is 71.9. The van der Waals surface area contributed by atoms with E-state index in [-0.39, 0.29) is 22.6 Å². The van der Waals surface area contributed by atoms with Gasteiger partial charge < -0.3 is 29.0 Å². The number of benzene rings is 13. The van der Waals surface area contributed by atoms with Gasteiger partial charge >= 0.3 is 7.12 Å². The van der Waals surface area contributed by atoms with Crippen molar-refractivity contribution in [2.24, 2.45) is 0 Å². The highest BCUT2D eigenvalue weighted by molar-refractivity contribution is 6.66. The molecule has 544 valence electrons. The molecular formula is C96H75BClN9O5. The third-order valence-corrected chi connectivity index (χ3v) is 21.1. The molecule has 3 N–H and O–H groups in total. The Morgan fingerprint density at radius 1 is 0.304 bits per heavy atom. The maximum Gasteiger partial charge on any atom is 0.495 e. The minimum atomic E-state index is -0.434. The number of hydrogen-bond donors (Lipinski definition) is 1. The van der Waals surface area contributed by atoms with Crippen LogP contribution in [0.25, 0.3) is 178 Å². The van der Waals surface area contributed by atoms with Crippen molar-refractivity contribution in [3.63, 3.8) is 0 Å². The number of ether oxygens (including phenoxy) is 1. The molecule has 14 nitrogen and oxygen atoms in total. The molecule has 2 aliphatic rings. The Labute approximate surface area is 652 Å². The van der Waals surface area contributed by atoms with Gasteiger partial charge in [0.25, 0.3) is 0 Å². The highest BCUT2D eigenvalue weighted by Crippen LogP contribution is 2.41. The zero-order valence-electron chi connectivity index (χ0n) is 62.1. The number of pyridine rings is 2. The van der Waals surface area contributed by atoms with Gasteiger partial charge in [0.1, 0.15) is 11.2 Å². The Morgan fingerprint density at radius 2 is 0.661 bits per heavy atom. The van der Waals surface area contributed by atoms with E-state index in [0.717, 1.165) is 128 Å². The molecule has 0 spiro atoms. The van der Waals surface area contributed by atoms with Gasteiger partial charge in [-0.05, 0) is 173 Å². The first-order valence-electron chi connectivity index (χ1n) is 37.3. The van der Waals surface area contributed by atoms with Crippen LogP contribution in [0.1, 0.15) is 40.5 Å². The van der Waals surface area contributed by atoms with Crippen molar-refractivity contribution < 1.29 is 22.9 Å². The largest absolute Gasteiger partial charge is 0.495 e. The van der Waals surface area contributed by atoms with Crippen LogP contribution in [-0.4, -0.2) is 71.4 Å². The number of para-hydroxylation sites is 2. The summed E-state index contributed by atoms with van der Waals surface area (Å²) in [5.74, 6) is 3.02. The molecule has 2 fully saturated rings. The Morgan fingerprint density at radius 3 is 1.12 bits per heavy atom. The summed E-state index contributed by atoms with van der Waals surface area (Å²) in [5.41, 5.74) is 16.5. The van der Waals surface area contributed by atoms with Gasteiger partial charge in [0.05, 0.1) is 22.2 Å². The maximum atomic E-state index is 6.28. The standard InChI is InChI=1S/C46H28N4O.C25H16ClN3.C21H20BNO3.C4H8O.H3N/c1-3-10-29(11-4-1)33-22-23-35-27-37(25-24-34(35)26-33)45-49-43(31-12-5-2-6-13-31)48-44(50-45)32-20-18-30(19-21-32)38-15-9-17-41-42(38)39-28-36-14-7-8-16-40(36)47-46(39)51-41;26-25-28-23(18-9-5-2-6-10-18)27-24(29-25)22-14-13-20-15-19(11-12-21(20)16-22)17-7-3-1-4-8-17;1-20(2)21(3,4)26-22(25-20)15-9-7-11-17-18(15)14-12-13-8-5-6-10-16(13)23-19(14)24-17;1-2-4-5-3-1;/h1-28H;1-16H;5-12H,1-4H3;1-4H2;1H3. The van der Waals surface area contributed by atoms with Crippen LogP contribution >= 0.6 is 11.6 Å². The second-order valence-electron chi connectivity index (χ2n) is 28.7. The van der Waals surface area contributed by atoms with Crippen molar-refractivity contribution in [1.82, 2.24) is 46.0 Å². The number of fused-ring (bicyclic) bond motifs is 10. The Bertz CT molecular complexity index is 6640. The molecule has 112 heavy (non-hydrogen) atoms. The summed E-state index contributed by atoms with van der Waals surface area (Å²) >= 11 is 6.19. The molecule has 8 heterocycles. The van der Waals surface area contributed by atoms with Crippen LogP contribution in [-0.2, 0) is 14.0 Å². The van der Waals surface area contributed by atoms with Crippen molar-refractivity contribution in [3.8, 4) is 90.3 Å². The topological polar surface area (TPSA) is 192 Å². The maximum absolute atomic E-state index is 6.28. The predicted octanol–water partition coefficient (Wildman–Crippen LogP) is 23.9. The molecule has 16 heteroatoms. The van der Waals surface area contributed by atoms with E-state index in [1.54, 1.807) is 0 Å². The highest BCUT2D eigenvalue weighted by Gasteiger charge is 2.52. The van der Waals surface area contributed by atoms with Gasteiger partial charge in [-0.3, -0.25) is 0 Å². The molecular weight excluding hydrogens is 1410 g/mol. The normalized spacial score (nSPS) is 13.6. The summed E-state index contributed by atoms with van der Waals surface area (Å²) in [5, 5.41) is 11.0. The van der Waals surface area contributed by atoms with Crippen molar-refractivity contribution in [2.45, 2.75) is 51.7 Å². The molecule has 2 saturated heterocycles. The molecule has 0 atom stereocenters. The number of rotatable bonds is 9. The first-order valence-corrected chi connectivity index (χ1v) is 37.7. The minimum absolute atomic E-state index is 0. The van der Waals surface area contributed by atoms with Crippen LogP contribution < -0.4 is 11.6 Å². The second kappa shape index (κ2) is 30.8. The molecule has 0 amide bonds. The minimum Gasteiger partial charge on any atom is -0.438 e. The van der Waals surface area contributed by atoms with E-state index in [9.17, 15) is 0 Å². The van der Waals surface area contributed by atoms with Gasteiger partial charge in [-0.15, -0.1) is 0 Å². The summed E-state index contributed by atoms with van der Waals surface area (Å²) in [4.78, 5) is 37.8. The van der Waals surface area contributed by atoms with Gasteiger partial charge in [-0.2, -0.15) is 9.97 Å². The molecule has 0 unspecified atom stereocenters. The summed E-state index contributed by atoms with van der Waals surface area (Å²) in [6, 6.07) is 107. The van der Waals surface area contributed by atoms with Gasteiger partial charge in [0, 0.05) is 73.3 Å². The number of halogens is 1. The van der Waals surface area contributed by atoms with Crippen molar-refractivity contribution >= 4 is 112 Å². The fourth-order valence-corrected chi connectivity index (χ4v) is 14.5. The van der Waals surface area contributed by atoms with Crippen molar-refractivity contribution in [3.05, 3.63) is 321 Å². The summed E-state index contributed by atoms with van der Waals surface area (Å²) in [6.07, 6.45) is 2.56. The quantitative estimate of drug-likeness (QED) is 0.134. The third kappa shape index (κ3) is 14.7. The van der Waals surface area contributed by atoms with Crippen molar-refractivity contribution in [2.75, 3.05) is 13.2 Å². The lowest BCUT2D eigenvalue weighted by Gasteiger charge is -2.32. The van der Waals surface area contributed by atoms with E-state index in [2.05, 4.69) is 219 Å². The van der Waals surface area contributed by atoms with Gasteiger partial charge in [0.2, 0.25) is 16.7 Å². The summed E-state index contributed by atoms with van der Waals surface area (Å²) in [7, 11) is -0.434. The zero-order valence-corrected chi connectivity index (χ0v) is 62.9. The zero-order chi connectivity index (χ0) is 75.0. The lowest BCUT2D eigenvalue weighted by atomic mass is 9.76. The Hall–Kier alpha value is -13.0. The van der Waals surface area contributed by atoms with Gasteiger partial charge in [-0.1, -0.05) is 255 Å². The van der Waals surface area contributed by atoms with E-state index < -0.39 is 7.12 Å². The average Bonchev–Trinajstić information content (AvgIpc) is 1.57. The van der Waals surface area contributed by atoms with Gasteiger partial charge in [-0.25, -0.2) is 29.9 Å². The predicted molar refractivity (Wildman–Crippen MR) is 456 cm³/mol. The molecule has 13 aromatic carbocycles. The van der Waals surface area contributed by atoms with E-state index >= 15 is 0 Å². The fraction of sp³-hybridized carbons (Fsp3) is 0.104. The van der Waals surface area contributed by atoms with Crippen LogP contribution in [0.2, 0.25) is 5.28 Å². The van der Waals surface area contributed by atoms with E-state index in [0.29, 0.717) is 40.5 Å². The molecule has 0 saturated carbocycles. The molecule has 0 bridgehead atoms. The van der Waals surface area contributed by atoms with Gasteiger partial charge in [0.15, 0.2) is 29.1 Å². The van der Waals surface area contributed by atoms with Crippen LogP contribution in [0.5, 0.6) is 0 Å². The third-order valence-electron chi connectivity index (χ3n) is 20.9. The summed E-state index contributed by atoms with van der Waals surface area (Å²) < 4.78 is 29.8. The molecule has 0 radical (unpaired) electrons. The number of aromatic nitrogens is 8. The number of hydrogen-bond acceptors (Lipinski definition) is 14. The Kier molecular flexibility index (Phi) is 19.8. The van der Waals surface area contributed by atoms with Crippen LogP contribution in [0.4, 0.5) is 0 Å². The molecule has 21 rings (SSSR count). The molecule has 0 aliphatic carbocycles. The number of nitrogens with zero attached hydrogens (tertiary/aromatic N) is 8.